The highest BCUT2D eigenvalue weighted by Gasteiger charge is 2.34. The summed E-state index contributed by atoms with van der Waals surface area (Å²) >= 11 is 0. The normalized spacial score (nSPS) is 24.6. The molecule has 1 saturated heterocycles. The number of hydrogen-bond acceptors (Lipinski definition) is 3. The van der Waals surface area contributed by atoms with Crippen molar-refractivity contribution in [3.63, 3.8) is 0 Å². The summed E-state index contributed by atoms with van der Waals surface area (Å²) in [6.07, 6.45) is 2.33. The first-order valence-corrected chi connectivity index (χ1v) is 7.41. The van der Waals surface area contributed by atoms with E-state index in [9.17, 15) is 4.79 Å². The molecule has 2 rings (SSSR count). The first-order chi connectivity index (χ1) is 9.54. The Kier molecular flexibility index (Phi) is 4.78. The molecule has 0 bridgehead atoms. The molecule has 3 unspecified atom stereocenters. The van der Waals surface area contributed by atoms with Crippen LogP contribution < -0.4 is 11.1 Å². The maximum Gasteiger partial charge on any atom is 0.241 e. The fourth-order valence-electron chi connectivity index (χ4n) is 3.17. The van der Waals surface area contributed by atoms with Gasteiger partial charge in [-0.3, -0.25) is 9.69 Å². The summed E-state index contributed by atoms with van der Waals surface area (Å²) in [4.78, 5) is 14.8. The molecule has 0 spiro atoms. The topological polar surface area (TPSA) is 58.4 Å². The SMILES string of the molecule is CC1CCC(C)N1C(C)C(=O)Nc1ccccc1CN. The zero-order chi connectivity index (χ0) is 14.7. The Labute approximate surface area is 121 Å². The third-order valence-corrected chi connectivity index (χ3v) is 4.34. The second kappa shape index (κ2) is 6.37. The van der Waals surface area contributed by atoms with Gasteiger partial charge in [-0.25, -0.2) is 0 Å². The van der Waals surface area contributed by atoms with E-state index in [1.165, 1.54) is 0 Å². The predicted molar refractivity (Wildman–Crippen MR) is 82.4 cm³/mol. The molecule has 3 N–H and O–H groups in total. The number of carbonyl (C=O) groups excluding carboxylic acids is 1. The van der Waals surface area contributed by atoms with Crippen LogP contribution in [-0.2, 0) is 11.3 Å². The third-order valence-electron chi connectivity index (χ3n) is 4.34. The Balaban J connectivity index is 2.08. The molecular weight excluding hydrogens is 250 g/mol. The summed E-state index contributed by atoms with van der Waals surface area (Å²) in [7, 11) is 0. The summed E-state index contributed by atoms with van der Waals surface area (Å²) in [5.41, 5.74) is 7.50. The maximum atomic E-state index is 12.5. The van der Waals surface area contributed by atoms with Crippen LogP contribution in [0.15, 0.2) is 24.3 Å². The molecule has 1 aliphatic heterocycles. The summed E-state index contributed by atoms with van der Waals surface area (Å²) in [5.74, 6) is 0.0477. The zero-order valence-corrected chi connectivity index (χ0v) is 12.6. The molecule has 110 valence electrons. The molecule has 0 radical (unpaired) electrons. The van der Waals surface area contributed by atoms with Crippen molar-refractivity contribution in [2.45, 2.75) is 58.3 Å². The lowest BCUT2D eigenvalue weighted by Gasteiger charge is -2.31. The van der Waals surface area contributed by atoms with Crippen LogP contribution in [0.25, 0.3) is 0 Å². The Morgan fingerprint density at radius 3 is 2.55 bits per heavy atom. The van der Waals surface area contributed by atoms with Gasteiger partial charge >= 0.3 is 0 Å². The molecule has 1 aromatic carbocycles. The maximum absolute atomic E-state index is 12.5. The van der Waals surface area contributed by atoms with Crippen molar-refractivity contribution in [1.29, 1.82) is 0 Å². The minimum Gasteiger partial charge on any atom is -0.326 e. The lowest BCUT2D eigenvalue weighted by Crippen LogP contribution is -2.47. The third kappa shape index (κ3) is 3.02. The molecule has 20 heavy (non-hydrogen) atoms. The Morgan fingerprint density at radius 1 is 1.35 bits per heavy atom. The number of likely N-dealkylation sites (tertiary alicyclic amines) is 1. The standard InChI is InChI=1S/C16H25N3O/c1-11-8-9-12(2)19(11)13(3)16(20)18-15-7-5-4-6-14(15)10-17/h4-7,11-13H,8-10,17H2,1-3H3,(H,18,20). The Bertz CT molecular complexity index is 465. The first-order valence-electron chi connectivity index (χ1n) is 7.41. The van der Waals surface area contributed by atoms with E-state index in [4.69, 9.17) is 5.73 Å². The second-order valence-corrected chi connectivity index (χ2v) is 5.75. The molecule has 1 fully saturated rings. The van der Waals surface area contributed by atoms with Crippen LogP contribution >= 0.6 is 0 Å². The van der Waals surface area contributed by atoms with Gasteiger partial charge in [-0.2, -0.15) is 0 Å². The van der Waals surface area contributed by atoms with Crippen LogP contribution in [0.4, 0.5) is 5.69 Å². The van der Waals surface area contributed by atoms with Crippen LogP contribution in [0, 0.1) is 0 Å². The molecule has 4 nitrogen and oxygen atoms in total. The summed E-state index contributed by atoms with van der Waals surface area (Å²) in [6.45, 7) is 6.81. The van der Waals surface area contributed by atoms with E-state index in [0.717, 1.165) is 24.1 Å². The molecule has 0 saturated carbocycles. The molecule has 0 aliphatic carbocycles. The zero-order valence-electron chi connectivity index (χ0n) is 12.6. The van der Waals surface area contributed by atoms with Gasteiger partial charge in [-0.15, -0.1) is 0 Å². The van der Waals surface area contributed by atoms with Crippen molar-refractivity contribution < 1.29 is 4.79 Å². The lowest BCUT2D eigenvalue weighted by atomic mass is 10.1. The van der Waals surface area contributed by atoms with Crippen molar-refractivity contribution in [2.24, 2.45) is 5.73 Å². The fraction of sp³-hybridized carbons (Fsp3) is 0.562. The van der Waals surface area contributed by atoms with Crippen LogP contribution in [-0.4, -0.2) is 28.9 Å². The number of amides is 1. The van der Waals surface area contributed by atoms with Crippen molar-refractivity contribution in [1.82, 2.24) is 4.90 Å². The van der Waals surface area contributed by atoms with Gasteiger partial charge in [0.1, 0.15) is 0 Å². The second-order valence-electron chi connectivity index (χ2n) is 5.75. The number of para-hydroxylation sites is 1. The van der Waals surface area contributed by atoms with Crippen LogP contribution in [0.3, 0.4) is 0 Å². The lowest BCUT2D eigenvalue weighted by molar-refractivity contribution is -0.121. The average molecular weight is 275 g/mol. The van der Waals surface area contributed by atoms with Gasteiger partial charge in [0.2, 0.25) is 5.91 Å². The quantitative estimate of drug-likeness (QED) is 0.886. The summed E-state index contributed by atoms with van der Waals surface area (Å²) < 4.78 is 0. The van der Waals surface area contributed by atoms with Gasteiger partial charge in [0.25, 0.3) is 0 Å². The van der Waals surface area contributed by atoms with Gasteiger partial charge in [0.15, 0.2) is 0 Å². The summed E-state index contributed by atoms with van der Waals surface area (Å²) in [6, 6.07) is 8.52. The average Bonchev–Trinajstić information content (AvgIpc) is 2.78. The number of nitrogens with two attached hydrogens (primary N) is 1. The van der Waals surface area contributed by atoms with Gasteiger partial charge in [-0.05, 0) is 45.2 Å². The van der Waals surface area contributed by atoms with Crippen LogP contribution in [0.5, 0.6) is 0 Å². The molecule has 0 aromatic heterocycles. The Morgan fingerprint density at radius 2 is 1.95 bits per heavy atom. The number of hydrogen-bond donors (Lipinski definition) is 2. The molecule has 1 aliphatic rings. The van der Waals surface area contributed by atoms with E-state index in [2.05, 4.69) is 24.1 Å². The van der Waals surface area contributed by atoms with E-state index in [-0.39, 0.29) is 11.9 Å². The fourth-order valence-corrected chi connectivity index (χ4v) is 3.17. The minimum atomic E-state index is -0.117. The van der Waals surface area contributed by atoms with E-state index in [1.807, 2.05) is 31.2 Å². The number of nitrogens with one attached hydrogen (secondary N) is 1. The molecule has 3 atom stereocenters. The van der Waals surface area contributed by atoms with Crippen molar-refractivity contribution in [2.75, 3.05) is 5.32 Å². The van der Waals surface area contributed by atoms with Crippen molar-refractivity contribution >= 4 is 11.6 Å². The monoisotopic (exact) mass is 275 g/mol. The first kappa shape index (κ1) is 15.0. The Hall–Kier alpha value is -1.39. The highest BCUT2D eigenvalue weighted by molar-refractivity contribution is 5.95. The van der Waals surface area contributed by atoms with Crippen LogP contribution in [0.2, 0.25) is 0 Å². The summed E-state index contributed by atoms with van der Waals surface area (Å²) in [5, 5.41) is 3.02. The number of carbonyl (C=O) groups is 1. The number of benzene rings is 1. The van der Waals surface area contributed by atoms with Gasteiger partial charge in [0, 0.05) is 24.3 Å². The highest BCUT2D eigenvalue weighted by atomic mass is 16.2. The van der Waals surface area contributed by atoms with Gasteiger partial charge in [-0.1, -0.05) is 18.2 Å². The van der Waals surface area contributed by atoms with E-state index in [1.54, 1.807) is 0 Å². The number of rotatable bonds is 4. The van der Waals surface area contributed by atoms with Crippen LogP contribution in [0.1, 0.15) is 39.2 Å². The van der Waals surface area contributed by atoms with Crippen molar-refractivity contribution in [3.8, 4) is 0 Å². The molecule has 1 amide bonds. The largest absolute Gasteiger partial charge is 0.326 e. The van der Waals surface area contributed by atoms with Crippen molar-refractivity contribution in [3.05, 3.63) is 29.8 Å². The minimum absolute atomic E-state index is 0.0477. The van der Waals surface area contributed by atoms with E-state index in [0.29, 0.717) is 18.6 Å². The predicted octanol–water partition coefficient (Wildman–Crippen LogP) is 2.35. The molecule has 1 heterocycles. The van der Waals surface area contributed by atoms with Gasteiger partial charge < -0.3 is 11.1 Å². The molecule has 4 heteroatoms. The number of nitrogens with zero attached hydrogens (tertiary/aromatic N) is 1. The number of anilines is 1. The van der Waals surface area contributed by atoms with E-state index >= 15 is 0 Å². The smallest absolute Gasteiger partial charge is 0.241 e. The molecule has 1 aromatic rings. The van der Waals surface area contributed by atoms with Gasteiger partial charge in [0.05, 0.1) is 6.04 Å². The highest BCUT2D eigenvalue weighted by Crippen LogP contribution is 2.26. The van der Waals surface area contributed by atoms with E-state index < -0.39 is 0 Å². The molecular formula is C16H25N3O.